The lowest BCUT2D eigenvalue weighted by atomic mass is 9.98. The van der Waals surface area contributed by atoms with Gasteiger partial charge in [0.25, 0.3) is 5.91 Å². The van der Waals surface area contributed by atoms with Crippen LogP contribution in [0.5, 0.6) is 5.75 Å². The average molecular weight is 584 g/mol. The first-order chi connectivity index (χ1) is 19.8. The van der Waals surface area contributed by atoms with Gasteiger partial charge in [0.2, 0.25) is 5.91 Å². The number of carboxylic acid groups (broad SMARTS) is 1. The lowest BCUT2D eigenvalue weighted by molar-refractivity contribution is -0.115. The van der Waals surface area contributed by atoms with Crippen LogP contribution in [0.4, 0.5) is 10.8 Å². The third kappa shape index (κ3) is 6.40. The van der Waals surface area contributed by atoms with Gasteiger partial charge in [0.15, 0.2) is 5.13 Å². The molecular formula is C31H25N3O5S2. The predicted octanol–water partition coefficient (Wildman–Crippen LogP) is 7.04. The molecule has 0 bridgehead atoms. The van der Waals surface area contributed by atoms with Crippen molar-refractivity contribution in [1.29, 1.82) is 0 Å². The van der Waals surface area contributed by atoms with Crippen LogP contribution in [0.2, 0.25) is 0 Å². The molecule has 10 heteroatoms. The number of hydrogen-bond donors (Lipinski definition) is 3. The molecule has 4 aromatic carbocycles. The number of nitrogens with one attached hydrogen (secondary N) is 2. The van der Waals surface area contributed by atoms with Gasteiger partial charge in [-0.2, -0.15) is 0 Å². The normalized spacial score (nSPS) is 11.6. The Morgan fingerprint density at radius 3 is 2.34 bits per heavy atom. The fourth-order valence-corrected chi connectivity index (χ4v) is 5.82. The molecule has 0 radical (unpaired) electrons. The van der Waals surface area contributed by atoms with Gasteiger partial charge in [0, 0.05) is 32.5 Å². The van der Waals surface area contributed by atoms with E-state index in [0.29, 0.717) is 21.6 Å². The number of carbonyl (C=O) groups excluding carboxylic acids is 2. The summed E-state index contributed by atoms with van der Waals surface area (Å²) in [4.78, 5) is 43.0. The molecular weight excluding hydrogens is 558 g/mol. The number of rotatable bonds is 9. The Bertz CT molecular complexity index is 1750. The van der Waals surface area contributed by atoms with Gasteiger partial charge in [-0.15, -0.1) is 23.1 Å². The SMILES string of the molecule is COc1cccc(-c2csc(NC(=O)C(C)Sc3ccc(NC(=O)c4cccc5cccc(C(=O)O)c45)cc3)n2)c1. The summed E-state index contributed by atoms with van der Waals surface area (Å²) in [5, 5.41) is 18.4. The number of carboxylic acids is 1. The maximum atomic E-state index is 13.1. The minimum Gasteiger partial charge on any atom is -0.497 e. The molecule has 1 atom stereocenters. The van der Waals surface area contributed by atoms with Crippen molar-refractivity contribution in [3.05, 3.63) is 101 Å². The number of aromatic carboxylic acids is 1. The van der Waals surface area contributed by atoms with E-state index in [1.807, 2.05) is 48.7 Å². The van der Waals surface area contributed by atoms with Crippen molar-refractivity contribution >= 4 is 62.5 Å². The third-order valence-corrected chi connectivity index (χ3v) is 8.14. The highest BCUT2D eigenvalue weighted by molar-refractivity contribution is 8.00. The van der Waals surface area contributed by atoms with Crippen molar-refractivity contribution in [1.82, 2.24) is 4.98 Å². The molecule has 0 saturated carbocycles. The number of carbonyl (C=O) groups is 3. The van der Waals surface area contributed by atoms with E-state index in [2.05, 4.69) is 15.6 Å². The van der Waals surface area contributed by atoms with Crippen LogP contribution in [0, 0.1) is 0 Å². The zero-order valence-corrected chi connectivity index (χ0v) is 23.7. The van der Waals surface area contributed by atoms with Gasteiger partial charge >= 0.3 is 5.97 Å². The highest BCUT2D eigenvalue weighted by Crippen LogP contribution is 2.30. The number of benzene rings is 4. The molecule has 1 heterocycles. The number of thioether (sulfide) groups is 1. The minimum absolute atomic E-state index is 0.0709. The summed E-state index contributed by atoms with van der Waals surface area (Å²) in [6.07, 6.45) is 0. The molecule has 5 aromatic rings. The van der Waals surface area contributed by atoms with E-state index >= 15 is 0 Å². The van der Waals surface area contributed by atoms with Gasteiger partial charge in [-0.3, -0.25) is 9.59 Å². The van der Waals surface area contributed by atoms with Crippen LogP contribution in [-0.2, 0) is 4.79 Å². The van der Waals surface area contributed by atoms with Crippen LogP contribution in [0.25, 0.3) is 22.0 Å². The molecule has 1 unspecified atom stereocenters. The van der Waals surface area contributed by atoms with Gasteiger partial charge in [0.05, 0.1) is 23.6 Å². The van der Waals surface area contributed by atoms with E-state index < -0.39 is 17.1 Å². The molecule has 1 aromatic heterocycles. The summed E-state index contributed by atoms with van der Waals surface area (Å²) in [7, 11) is 1.61. The summed E-state index contributed by atoms with van der Waals surface area (Å²) in [5.41, 5.74) is 2.56. The average Bonchev–Trinajstić information content (AvgIpc) is 3.45. The van der Waals surface area contributed by atoms with Crippen LogP contribution in [0.15, 0.2) is 95.2 Å². The Balaban J connectivity index is 1.21. The van der Waals surface area contributed by atoms with Crippen molar-refractivity contribution in [2.75, 3.05) is 17.7 Å². The Morgan fingerprint density at radius 1 is 0.927 bits per heavy atom. The van der Waals surface area contributed by atoms with Crippen molar-refractivity contribution in [2.24, 2.45) is 0 Å². The maximum absolute atomic E-state index is 13.1. The minimum atomic E-state index is -1.09. The van der Waals surface area contributed by atoms with Gasteiger partial charge in [0.1, 0.15) is 5.75 Å². The molecule has 3 N–H and O–H groups in total. The van der Waals surface area contributed by atoms with Crippen molar-refractivity contribution in [3.63, 3.8) is 0 Å². The van der Waals surface area contributed by atoms with E-state index in [-0.39, 0.29) is 17.0 Å². The number of ether oxygens (including phenoxy) is 1. The van der Waals surface area contributed by atoms with Crippen LogP contribution >= 0.6 is 23.1 Å². The molecule has 0 fully saturated rings. The van der Waals surface area contributed by atoms with Crippen molar-refractivity contribution in [3.8, 4) is 17.0 Å². The van der Waals surface area contributed by atoms with Crippen LogP contribution in [0.3, 0.4) is 0 Å². The van der Waals surface area contributed by atoms with Crippen molar-refractivity contribution in [2.45, 2.75) is 17.1 Å². The van der Waals surface area contributed by atoms with E-state index in [4.69, 9.17) is 4.74 Å². The Kier molecular flexibility index (Phi) is 8.32. The van der Waals surface area contributed by atoms with Crippen LogP contribution < -0.4 is 15.4 Å². The van der Waals surface area contributed by atoms with Gasteiger partial charge < -0.3 is 20.5 Å². The molecule has 0 aliphatic rings. The third-order valence-electron chi connectivity index (χ3n) is 6.27. The van der Waals surface area contributed by atoms with E-state index in [0.717, 1.165) is 21.9 Å². The van der Waals surface area contributed by atoms with E-state index in [1.165, 1.54) is 29.2 Å². The number of fused-ring (bicyclic) bond motifs is 1. The first-order valence-electron chi connectivity index (χ1n) is 12.6. The standard InChI is InChI=1S/C31H25N3O5S2/c1-18(28(35)34-31-33-26(17-40-31)20-8-3-9-22(16-20)39-2)41-23-14-12-21(13-15-23)32-29(36)24-10-4-6-19-7-5-11-25(27(19)24)30(37)38/h3-18H,1-2H3,(H,32,36)(H,37,38)(H,33,34,35). The molecule has 0 saturated heterocycles. The lowest BCUT2D eigenvalue weighted by Crippen LogP contribution is -2.22. The molecule has 2 amide bonds. The highest BCUT2D eigenvalue weighted by Gasteiger charge is 2.18. The molecule has 0 aliphatic carbocycles. The van der Waals surface area contributed by atoms with Crippen molar-refractivity contribution < 1.29 is 24.2 Å². The van der Waals surface area contributed by atoms with Crippen LogP contribution in [0.1, 0.15) is 27.6 Å². The fourth-order valence-electron chi connectivity index (χ4n) is 4.23. The second-order valence-corrected chi connectivity index (χ2v) is 11.3. The Morgan fingerprint density at radius 2 is 1.63 bits per heavy atom. The molecule has 0 spiro atoms. The quantitative estimate of drug-likeness (QED) is 0.159. The summed E-state index contributed by atoms with van der Waals surface area (Å²) in [6, 6.07) is 24.7. The first kappa shape index (κ1) is 27.9. The smallest absolute Gasteiger partial charge is 0.336 e. The summed E-state index contributed by atoms with van der Waals surface area (Å²) < 4.78 is 5.27. The summed E-state index contributed by atoms with van der Waals surface area (Å²) in [6.45, 7) is 1.81. The fraction of sp³-hybridized carbons (Fsp3) is 0.0968. The predicted molar refractivity (Wildman–Crippen MR) is 163 cm³/mol. The maximum Gasteiger partial charge on any atom is 0.336 e. The monoisotopic (exact) mass is 583 g/mol. The molecule has 0 aliphatic heterocycles. The second-order valence-electron chi connectivity index (χ2n) is 9.01. The van der Waals surface area contributed by atoms with Crippen LogP contribution in [-0.4, -0.2) is 40.2 Å². The first-order valence-corrected chi connectivity index (χ1v) is 14.3. The Hall–Kier alpha value is -4.67. The zero-order chi connectivity index (χ0) is 28.9. The molecule has 5 rings (SSSR count). The van der Waals surface area contributed by atoms with Gasteiger partial charge in [-0.1, -0.05) is 36.4 Å². The number of nitrogens with zero attached hydrogens (tertiary/aromatic N) is 1. The van der Waals surface area contributed by atoms with Gasteiger partial charge in [-0.05, 0) is 60.8 Å². The summed E-state index contributed by atoms with van der Waals surface area (Å²) in [5.74, 6) is -0.946. The summed E-state index contributed by atoms with van der Waals surface area (Å²) >= 11 is 2.73. The Labute approximate surface area is 244 Å². The highest BCUT2D eigenvalue weighted by atomic mass is 32.2. The number of thiazole rings is 1. The number of anilines is 2. The molecule has 206 valence electrons. The zero-order valence-electron chi connectivity index (χ0n) is 22.1. The second kappa shape index (κ2) is 12.2. The molecule has 8 nitrogen and oxygen atoms in total. The number of amides is 2. The number of hydrogen-bond acceptors (Lipinski definition) is 7. The van der Waals surface area contributed by atoms with Gasteiger partial charge in [-0.25, -0.2) is 9.78 Å². The molecule has 41 heavy (non-hydrogen) atoms. The van der Waals surface area contributed by atoms with E-state index in [1.54, 1.807) is 49.6 Å². The lowest BCUT2D eigenvalue weighted by Gasteiger charge is -2.12. The number of methoxy groups -OCH3 is 1. The number of aromatic nitrogens is 1. The topological polar surface area (TPSA) is 118 Å². The van der Waals surface area contributed by atoms with E-state index in [9.17, 15) is 19.5 Å². The largest absolute Gasteiger partial charge is 0.497 e.